The molecule has 0 radical (unpaired) electrons. The van der Waals surface area contributed by atoms with E-state index in [0.29, 0.717) is 13.2 Å². The summed E-state index contributed by atoms with van der Waals surface area (Å²) in [5, 5.41) is 3.30. The lowest BCUT2D eigenvalue weighted by molar-refractivity contribution is -0.170. The summed E-state index contributed by atoms with van der Waals surface area (Å²) in [6.07, 6.45) is 2.50. The number of benzene rings is 1. The van der Waals surface area contributed by atoms with E-state index in [1.54, 1.807) is 0 Å². The van der Waals surface area contributed by atoms with Crippen LogP contribution in [0.2, 0.25) is 6.32 Å². The number of ether oxygens (including phenoxy) is 2. The van der Waals surface area contributed by atoms with E-state index in [2.05, 4.69) is 45.1 Å². The highest BCUT2D eigenvalue weighted by molar-refractivity contribution is 6.45. The minimum atomic E-state index is -0.520. The maximum absolute atomic E-state index is 12.9. The van der Waals surface area contributed by atoms with Crippen LogP contribution in [0, 0.1) is 5.41 Å². The van der Waals surface area contributed by atoms with Crippen molar-refractivity contribution in [3.05, 3.63) is 35.9 Å². The first kappa shape index (κ1) is 25.2. The molecule has 0 spiro atoms. The Kier molecular flexibility index (Phi) is 7.45. The third-order valence-corrected chi connectivity index (χ3v) is 6.83. The first-order valence-corrected chi connectivity index (χ1v) is 11.8. The van der Waals surface area contributed by atoms with Crippen LogP contribution in [0.4, 0.5) is 0 Å². The Balaban J connectivity index is 1.61. The zero-order valence-electron chi connectivity index (χ0n) is 20.8. The second-order valence-electron chi connectivity index (χ2n) is 11.3. The van der Waals surface area contributed by atoms with Crippen LogP contribution in [0.5, 0.6) is 0 Å². The van der Waals surface area contributed by atoms with Gasteiger partial charge in [-0.1, -0.05) is 36.8 Å². The van der Waals surface area contributed by atoms with Crippen molar-refractivity contribution in [2.45, 2.75) is 97.1 Å². The van der Waals surface area contributed by atoms with Gasteiger partial charge in [-0.05, 0) is 66.8 Å². The molecule has 0 aromatic heterocycles. The van der Waals surface area contributed by atoms with Crippen molar-refractivity contribution in [3.63, 3.8) is 0 Å². The van der Waals surface area contributed by atoms with Crippen molar-refractivity contribution in [1.82, 2.24) is 5.32 Å². The molecule has 2 heterocycles. The maximum atomic E-state index is 12.9. The molecular weight excluding hydrogens is 405 g/mol. The van der Waals surface area contributed by atoms with Gasteiger partial charge in [-0.2, -0.15) is 0 Å². The van der Waals surface area contributed by atoms with Crippen molar-refractivity contribution < 1.29 is 23.6 Å². The molecular formula is C25H40BNO5. The van der Waals surface area contributed by atoms with Crippen LogP contribution in [0.25, 0.3) is 0 Å². The number of carbonyl (C=O) groups is 1. The largest absolute Gasteiger partial charge is 0.459 e. The number of esters is 1. The first-order valence-electron chi connectivity index (χ1n) is 11.8. The average Bonchev–Trinajstić information content (AvgIpc) is 2.85. The number of carbonyl (C=O) groups excluding carboxylic acids is 1. The Morgan fingerprint density at radius 2 is 1.75 bits per heavy atom. The molecule has 2 aliphatic heterocycles. The van der Waals surface area contributed by atoms with Gasteiger partial charge in [0, 0.05) is 12.0 Å². The van der Waals surface area contributed by atoms with Gasteiger partial charge < -0.3 is 24.1 Å². The van der Waals surface area contributed by atoms with E-state index in [4.69, 9.17) is 18.8 Å². The minimum Gasteiger partial charge on any atom is -0.459 e. The van der Waals surface area contributed by atoms with Gasteiger partial charge in [-0.25, -0.2) is 0 Å². The van der Waals surface area contributed by atoms with Crippen LogP contribution in [0.3, 0.4) is 0 Å². The van der Waals surface area contributed by atoms with Gasteiger partial charge in [-0.3, -0.25) is 4.79 Å². The zero-order valence-corrected chi connectivity index (χ0v) is 20.8. The fourth-order valence-corrected chi connectivity index (χ4v) is 4.28. The molecule has 3 rings (SSSR count). The van der Waals surface area contributed by atoms with Crippen molar-refractivity contribution in [3.8, 4) is 0 Å². The molecule has 6 nitrogen and oxygen atoms in total. The minimum absolute atomic E-state index is 0.206. The summed E-state index contributed by atoms with van der Waals surface area (Å²) in [6.45, 7) is 15.7. The molecule has 1 N–H and O–H groups in total. The molecule has 1 aromatic carbocycles. The Bertz CT molecular complexity index is 760. The predicted molar refractivity (Wildman–Crippen MR) is 126 cm³/mol. The van der Waals surface area contributed by atoms with Gasteiger partial charge in [-0.15, -0.1) is 0 Å². The molecule has 0 saturated carbocycles. The Hall–Kier alpha value is -1.41. The summed E-state index contributed by atoms with van der Waals surface area (Å²) in [6, 6.07) is 9.75. The van der Waals surface area contributed by atoms with Gasteiger partial charge in [0.15, 0.2) is 0 Å². The SMILES string of the molecule is CC(C)(C)OC(=O)C1NC[C@]1(CCCB1OC(C)(C)C(C)(C)O1)COCc1ccccc1. The quantitative estimate of drug-likeness (QED) is 0.450. The molecule has 1 aromatic rings. The molecule has 1 unspecified atom stereocenters. The van der Waals surface area contributed by atoms with Crippen molar-refractivity contribution >= 4 is 13.1 Å². The van der Waals surface area contributed by atoms with E-state index in [9.17, 15) is 4.79 Å². The molecule has 2 aliphatic rings. The number of rotatable bonds is 9. The van der Waals surface area contributed by atoms with E-state index in [-0.39, 0.29) is 35.7 Å². The van der Waals surface area contributed by atoms with Crippen LogP contribution in [0.1, 0.15) is 66.9 Å². The van der Waals surface area contributed by atoms with Crippen molar-refractivity contribution in [2.24, 2.45) is 5.41 Å². The highest BCUT2D eigenvalue weighted by Gasteiger charge is 2.53. The van der Waals surface area contributed by atoms with Crippen LogP contribution < -0.4 is 5.32 Å². The van der Waals surface area contributed by atoms with E-state index < -0.39 is 5.60 Å². The third-order valence-electron chi connectivity index (χ3n) is 6.83. The zero-order chi connectivity index (χ0) is 23.6. The van der Waals surface area contributed by atoms with Gasteiger partial charge in [0.25, 0.3) is 0 Å². The van der Waals surface area contributed by atoms with Crippen LogP contribution in [-0.4, -0.2) is 49.1 Å². The number of hydrogen-bond acceptors (Lipinski definition) is 6. The smallest absolute Gasteiger partial charge is 0.457 e. The van der Waals surface area contributed by atoms with Crippen LogP contribution >= 0.6 is 0 Å². The standard InChI is InChI=1S/C25H40BNO5/c1-22(2,3)30-21(28)20-25(17-27-20,18-29-16-19-12-9-8-10-13-19)14-11-15-26-31-23(4,5)24(6,7)32-26/h8-10,12-13,20,27H,11,14-18H2,1-7H3/t20?,25-/m1/s1. The van der Waals surface area contributed by atoms with Gasteiger partial charge in [0.05, 0.1) is 24.4 Å². The summed E-state index contributed by atoms with van der Waals surface area (Å²) in [5.74, 6) is -0.206. The van der Waals surface area contributed by atoms with E-state index in [1.807, 2.05) is 39.0 Å². The lowest BCUT2D eigenvalue weighted by atomic mass is 9.68. The third kappa shape index (κ3) is 5.93. The second kappa shape index (κ2) is 9.45. The first-order chi connectivity index (χ1) is 14.8. The molecule has 0 aliphatic carbocycles. The Morgan fingerprint density at radius 3 is 2.28 bits per heavy atom. The summed E-state index contributed by atoms with van der Waals surface area (Å²) in [7, 11) is -0.227. The molecule has 2 fully saturated rings. The Morgan fingerprint density at radius 1 is 1.12 bits per heavy atom. The van der Waals surface area contributed by atoms with Crippen molar-refractivity contribution in [2.75, 3.05) is 13.2 Å². The monoisotopic (exact) mass is 445 g/mol. The summed E-state index contributed by atoms with van der Waals surface area (Å²) < 4.78 is 24.1. The normalized spacial score (nSPS) is 26.6. The molecule has 0 amide bonds. The highest BCUT2D eigenvalue weighted by atomic mass is 16.7. The van der Waals surface area contributed by atoms with Crippen LogP contribution in [0.15, 0.2) is 30.3 Å². The van der Waals surface area contributed by atoms with E-state index in [1.165, 1.54) is 0 Å². The molecule has 178 valence electrons. The summed E-state index contributed by atoms with van der Waals surface area (Å²) in [5.41, 5.74) is -0.341. The van der Waals surface area contributed by atoms with E-state index >= 15 is 0 Å². The lowest BCUT2D eigenvalue weighted by Gasteiger charge is -2.49. The topological polar surface area (TPSA) is 66.0 Å². The second-order valence-corrected chi connectivity index (χ2v) is 11.3. The predicted octanol–water partition coefficient (Wildman–Crippen LogP) is 4.38. The summed E-state index contributed by atoms with van der Waals surface area (Å²) in [4.78, 5) is 12.9. The molecule has 2 atom stereocenters. The van der Waals surface area contributed by atoms with Crippen molar-refractivity contribution in [1.29, 1.82) is 0 Å². The highest BCUT2D eigenvalue weighted by Crippen LogP contribution is 2.41. The maximum Gasteiger partial charge on any atom is 0.457 e. The van der Waals surface area contributed by atoms with Gasteiger partial charge in [0.1, 0.15) is 11.6 Å². The van der Waals surface area contributed by atoms with E-state index in [0.717, 1.165) is 31.3 Å². The van der Waals surface area contributed by atoms with Crippen LogP contribution in [-0.2, 0) is 30.2 Å². The molecule has 2 saturated heterocycles. The average molecular weight is 445 g/mol. The fraction of sp³-hybridized carbons (Fsp3) is 0.720. The number of nitrogens with one attached hydrogen (secondary N) is 1. The fourth-order valence-electron chi connectivity index (χ4n) is 4.28. The lowest BCUT2D eigenvalue weighted by Crippen LogP contribution is -2.68. The molecule has 7 heteroatoms. The Labute approximate surface area is 193 Å². The summed E-state index contributed by atoms with van der Waals surface area (Å²) >= 11 is 0. The number of hydrogen-bond donors (Lipinski definition) is 1. The molecule has 0 bridgehead atoms. The molecule has 32 heavy (non-hydrogen) atoms. The van der Waals surface area contributed by atoms with Gasteiger partial charge in [0.2, 0.25) is 0 Å². The van der Waals surface area contributed by atoms with Gasteiger partial charge >= 0.3 is 13.1 Å².